The van der Waals surface area contributed by atoms with Gasteiger partial charge in [0, 0.05) is 6.92 Å². The van der Waals surface area contributed by atoms with Crippen LogP contribution in [-0.4, -0.2) is 52.3 Å². The van der Waals surface area contributed by atoms with Crippen molar-refractivity contribution in [2.24, 2.45) is 0 Å². The Morgan fingerprint density at radius 3 is 2.92 bits per heavy atom. The fourth-order valence-electron chi connectivity index (χ4n) is 2.39. The maximum Gasteiger partial charge on any atom is 0.414 e. The van der Waals surface area contributed by atoms with Gasteiger partial charge in [-0.25, -0.2) is 14.3 Å². The van der Waals surface area contributed by atoms with Gasteiger partial charge in [-0.05, 0) is 18.2 Å². The summed E-state index contributed by atoms with van der Waals surface area (Å²) in [5.74, 6) is -1.67. The number of nitrogens with one attached hydrogen (secondary N) is 3. The lowest BCUT2D eigenvalue weighted by molar-refractivity contribution is -0.119. The number of hydrogen-bond donors (Lipinski definition) is 3. The number of halogens is 1. The number of carbonyl (C=O) groups is 3. The third-order valence-corrected chi connectivity index (χ3v) is 3.61. The van der Waals surface area contributed by atoms with Crippen molar-refractivity contribution in [2.75, 3.05) is 23.3 Å². The van der Waals surface area contributed by atoms with Gasteiger partial charge in [-0.2, -0.15) is 10.1 Å². The summed E-state index contributed by atoms with van der Waals surface area (Å²) in [6, 6.07) is 3.75. The standard InChI is InChI=1S/C15H15FN6O4/c1-8(23)17-5-10-6-22(15(25)26-10)9-2-3-11(12(16)4-9)13(24)20-14-18-7-19-21-14/h2-4,7,10H,5-6H2,1H3,(H,17,23)(H2,18,19,20,21,24)/t10-/m0/s1. The van der Waals surface area contributed by atoms with Crippen LogP contribution in [0.25, 0.3) is 0 Å². The minimum Gasteiger partial charge on any atom is -0.442 e. The first kappa shape index (κ1) is 17.3. The molecule has 0 saturated carbocycles. The molecule has 0 aliphatic carbocycles. The van der Waals surface area contributed by atoms with Crippen molar-refractivity contribution in [1.29, 1.82) is 0 Å². The van der Waals surface area contributed by atoms with Crippen LogP contribution in [0.4, 0.5) is 20.8 Å². The highest BCUT2D eigenvalue weighted by Gasteiger charge is 2.33. The summed E-state index contributed by atoms with van der Waals surface area (Å²) in [6.45, 7) is 1.67. The summed E-state index contributed by atoms with van der Waals surface area (Å²) in [7, 11) is 0. The van der Waals surface area contributed by atoms with Gasteiger partial charge in [0.1, 0.15) is 18.2 Å². The fraction of sp³-hybridized carbons (Fsp3) is 0.267. The van der Waals surface area contributed by atoms with Crippen molar-refractivity contribution in [3.8, 4) is 0 Å². The number of carbonyl (C=O) groups excluding carboxylic acids is 3. The molecule has 3 rings (SSSR count). The molecule has 1 atom stereocenters. The van der Waals surface area contributed by atoms with E-state index in [2.05, 4.69) is 25.8 Å². The predicted octanol–water partition coefficient (Wildman–Crippen LogP) is 0.657. The van der Waals surface area contributed by atoms with Gasteiger partial charge >= 0.3 is 6.09 Å². The average molecular weight is 362 g/mol. The second-order valence-corrected chi connectivity index (χ2v) is 5.51. The topological polar surface area (TPSA) is 129 Å². The molecule has 3 N–H and O–H groups in total. The van der Waals surface area contributed by atoms with Gasteiger partial charge in [-0.3, -0.25) is 19.8 Å². The molecule has 1 aliphatic heterocycles. The van der Waals surface area contributed by atoms with Gasteiger partial charge < -0.3 is 10.1 Å². The first-order valence-electron chi connectivity index (χ1n) is 7.63. The molecule has 1 aromatic heterocycles. The molecule has 136 valence electrons. The normalized spacial score (nSPS) is 16.3. The lowest BCUT2D eigenvalue weighted by Gasteiger charge is -2.14. The molecule has 10 nitrogen and oxygen atoms in total. The largest absolute Gasteiger partial charge is 0.442 e. The molecule has 2 heterocycles. The summed E-state index contributed by atoms with van der Waals surface area (Å²) in [5, 5.41) is 10.9. The zero-order valence-electron chi connectivity index (χ0n) is 13.7. The average Bonchev–Trinajstić information content (AvgIpc) is 3.22. The number of cyclic esters (lactones) is 1. The minimum absolute atomic E-state index is 0.0856. The van der Waals surface area contributed by atoms with E-state index >= 15 is 0 Å². The van der Waals surface area contributed by atoms with E-state index in [0.717, 1.165) is 6.07 Å². The first-order chi connectivity index (χ1) is 12.4. The number of anilines is 2. The molecule has 1 fully saturated rings. The van der Waals surface area contributed by atoms with E-state index in [1.165, 1.54) is 30.3 Å². The van der Waals surface area contributed by atoms with Gasteiger partial charge in [0.05, 0.1) is 24.3 Å². The SMILES string of the molecule is CC(=O)NC[C@H]1CN(c2ccc(C(=O)Nc3ncn[nH]3)c(F)c2)C(=O)O1. The van der Waals surface area contributed by atoms with E-state index in [9.17, 15) is 18.8 Å². The van der Waals surface area contributed by atoms with Crippen LogP contribution in [0.2, 0.25) is 0 Å². The summed E-state index contributed by atoms with van der Waals surface area (Å²) >= 11 is 0. The molecule has 3 amide bonds. The summed E-state index contributed by atoms with van der Waals surface area (Å²) in [6.07, 6.45) is 0.00771. The Balaban J connectivity index is 1.70. The maximum atomic E-state index is 14.3. The van der Waals surface area contributed by atoms with Crippen LogP contribution >= 0.6 is 0 Å². The number of ether oxygens (including phenoxy) is 1. The van der Waals surface area contributed by atoms with E-state index in [0.29, 0.717) is 0 Å². The second kappa shape index (κ2) is 7.17. The third kappa shape index (κ3) is 3.77. The second-order valence-electron chi connectivity index (χ2n) is 5.51. The highest BCUT2D eigenvalue weighted by atomic mass is 19.1. The maximum absolute atomic E-state index is 14.3. The number of hydrogen-bond acceptors (Lipinski definition) is 6. The molecule has 26 heavy (non-hydrogen) atoms. The molecule has 2 aromatic rings. The van der Waals surface area contributed by atoms with Crippen LogP contribution in [0.5, 0.6) is 0 Å². The molecule has 1 aliphatic rings. The van der Waals surface area contributed by atoms with Crippen LogP contribution in [0.15, 0.2) is 24.5 Å². The number of H-pyrrole nitrogens is 1. The Kier molecular flexibility index (Phi) is 4.78. The Morgan fingerprint density at radius 2 is 2.27 bits per heavy atom. The highest BCUT2D eigenvalue weighted by molar-refractivity contribution is 6.04. The van der Waals surface area contributed by atoms with Crippen LogP contribution < -0.4 is 15.5 Å². The van der Waals surface area contributed by atoms with E-state index in [4.69, 9.17) is 4.74 Å². The van der Waals surface area contributed by atoms with Crippen LogP contribution in [0, 0.1) is 5.82 Å². The van der Waals surface area contributed by atoms with E-state index in [-0.39, 0.29) is 36.2 Å². The quantitative estimate of drug-likeness (QED) is 0.716. The number of rotatable bonds is 5. The highest BCUT2D eigenvalue weighted by Crippen LogP contribution is 2.24. The molecular weight excluding hydrogens is 347 g/mol. The van der Waals surface area contributed by atoms with Gasteiger partial charge in [0.2, 0.25) is 11.9 Å². The van der Waals surface area contributed by atoms with E-state index in [1.807, 2.05) is 0 Å². The lowest BCUT2D eigenvalue weighted by atomic mass is 10.1. The molecular formula is C15H15FN6O4. The Bertz CT molecular complexity index is 841. The van der Waals surface area contributed by atoms with Crippen LogP contribution in [0.1, 0.15) is 17.3 Å². The molecule has 11 heteroatoms. The minimum atomic E-state index is -0.808. The van der Waals surface area contributed by atoms with Crippen molar-refractivity contribution < 1.29 is 23.5 Å². The summed E-state index contributed by atoms with van der Waals surface area (Å²) < 4.78 is 19.4. The smallest absolute Gasteiger partial charge is 0.414 e. The Hall–Kier alpha value is -3.50. The monoisotopic (exact) mass is 362 g/mol. The zero-order chi connectivity index (χ0) is 18.7. The summed E-state index contributed by atoms with van der Waals surface area (Å²) in [4.78, 5) is 39.9. The van der Waals surface area contributed by atoms with Crippen LogP contribution in [-0.2, 0) is 9.53 Å². The number of amides is 3. The van der Waals surface area contributed by atoms with Crippen molar-refractivity contribution >= 4 is 29.5 Å². The van der Waals surface area contributed by atoms with Gasteiger partial charge in [0.25, 0.3) is 5.91 Å². The van der Waals surface area contributed by atoms with E-state index in [1.54, 1.807) is 0 Å². The number of aromatic amines is 1. The summed E-state index contributed by atoms with van der Waals surface area (Å²) in [5.41, 5.74) is 0.0292. The van der Waals surface area contributed by atoms with Crippen molar-refractivity contribution in [1.82, 2.24) is 20.5 Å². The Morgan fingerprint density at radius 1 is 1.46 bits per heavy atom. The molecule has 1 saturated heterocycles. The van der Waals surface area contributed by atoms with Gasteiger partial charge in [-0.1, -0.05) is 0 Å². The van der Waals surface area contributed by atoms with Crippen molar-refractivity contribution in [3.63, 3.8) is 0 Å². The van der Waals surface area contributed by atoms with Crippen LogP contribution in [0.3, 0.4) is 0 Å². The van der Waals surface area contributed by atoms with Gasteiger partial charge in [0.15, 0.2) is 0 Å². The van der Waals surface area contributed by atoms with E-state index < -0.39 is 23.9 Å². The number of benzene rings is 1. The molecule has 0 radical (unpaired) electrons. The fourth-order valence-corrected chi connectivity index (χ4v) is 2.39. The lowest BCUT2D eigenvalue weighted by Crippen LogP contribution is -2.33. The molecule has 1 aromatic carbocycles. The zero-order valence-corrected chi connectivity index (χ0v) is 13.7. The first-order valence-corrected chi connectivity index (χ1v) is 7.63. The van der Waals surface area contributed by atoms with Gasteiger partial charge in [-0.15, -0.1) is 0 Å². The predicted molar refractivity (Wildman–Crippen MR) is 87.0 cm³/mol. The molecule has 0 bridgehead atoms. The number of aromatic nitrogens is 3. The molecule has 0 spiro atoms. The third-order valence-electron chi connectivity index (χ3n) is 3.61. The Labute approximate surface area is 146 Å². The van der Waals surface area contributed by atoms with Crippen molar-refractivity contribution in [2.45, 2.75) is 13.0 Å². The van der Waals surface area contributed by atoms with Crippen molar-refractivity contribution in [3.05, 3.63) is 35.9 Å². The molecule has 0 unspecified atom stereocenters. The number of nitrogens with zero attached hydrogens (tertiary/aromatic N) is 3.